The molecule has 1 saturated heterocycles. The second kappa shape index (κ2) is 6.26. The summed E-state index contributed by atoms with van der Waals surface area (Å²) in [7, 11) is 1.56. The lowest BCUT2D eigenvalue weighted by Gasteiger charge is -2.18. The molecule has 3 atom stereocenters. The lowest BCUT2D eigenvalue weighted by Crippen LogP contribution is -2.31. The van der Waals surface area contributed by atoms with Crippen LogP contribution in [0.15, 0.2) is 18.3 Å². The number of hydrogen-bond acceptors (Lipinski definition) is 5. The highest BCUT2D eigenvalue weighted by Crippen LogP contribution is 2.37. The molecule has 1 aliphatic carbocycles. The van der Waals surface area contributed by atoms with E-state index < -0.39 is 0 Å². The van der Waals surface area contributed by atoms with Crippen molar-refractivity contribution in [3.05, 3.63) is 29.7 Å². The third-order valence-electron chi connectivity index (χ3n) is 5.61. The summed E-state index contributed by atoms with van der Waals surface area (Å²) in [5.74, 6) is 1.52. The number of rotatable bonds is 4. The Bertz CT molecular complexity index is 753. The highest BCUT2D eigenvalue weighted by atomic mass is 19.1. The van der Waals surface area contributed by atoms with E-state index in [1.807, 2.05) is 6.07 Å². The normalized spacial score (nSPS) is 26.9. The van der Waals surface area contributed by atoms with Crippen LogP contribution in [-0.4, -0.2) is 47.7 Å². The lowest BCUT2D eigenvalue weighted by molar-refractivity contribution is 0.308. The number of likely N-dealkylation sites (tertiary alicyclic amines) is 1. The minimum Gasteiger partial charge on any atom is -0.481 e. The molecule has 0 radical (unpaired) electrons. The molecule has 24 heavy (non-hydrogen) atoms. The van der Waals surface area contributed by atoms with Gasteiger partial charge in [-0.1, -0.05) is 0 Å². The van der Waals surface area contributed by atoms with Gasteiger partial charge < -0.3 is 15.4 Å². The molecular formula is C18H23FN4O. The molecule has 6 heteroatoms. The quantitative estimate of drug-likeness (QED) is 0.929. The van der Waals surface area contributed by atoms with Gasteiger partial charge in [-0.15, -0.1) is 0 Å². The maximum atomic E-state index is 14.3. The number of methoxy groups -OCH3 is 1. The predicted octanol–water partition coefficient (Wildman–Crippen LogP) is 1.99. The van der Waals surface area contributed by atoms with Crippen molar-refractivity contribution in [2.75, 3.05) is 26.7 Å². The summed E-state index contributed by atoms with van der Waals surface area (Å²) < 4.78 is 19.5. The minimum atomic E-state index is -0.292. The fourth-order valence-electron chi connectivity index (χ4n) is 4.28. The maximum absolute atomic E-state index is 14.3. The average Bonchev–Trinajstić information content (AvgIpc) is 3.15. The zero-order valence-electron chi connectivity index (χ0n) is 13.9. The molecule has 0 bridgehead atoms. The van der Waals surface area contributed by atoms with E-state index in [0.717, 1.165) is 32.0 Å². The Morgan fingerprint density at radius 1 is 1.33 bits per heavy atom. The number of ether oxygens (including phenoxy) is 1. The fraction of sp³-hybridized carbons (Fsp3) is 0.556. The first-order valence-corrected chi connectivity index (χ1v) is 8.61. The second-order valence-corrected chi connectivity index (χ2v) is 6.98. The van der Waals surface area contributed by atoms with Crippen molar-refractivity contribution in [3.8, 4) is 5.88 Å². The molecule has 2 aliphatic rings. The third kappa shape index (κ3) is 2.74. The summed E-state index contributed by atoms with van der Waals surface area (Å²) in [5.41, 5.74) is 8.13. The summed E-state index contributed by atoms with van der Waals surface area (Å²) >= 11 is 0. The van der Waals surface area contributed by atoms with Crippen LogP contribution >= 0.6 is 0 Å². The topological polar surface area (TPSA) is 64.3 Å². The number of nitrogens with two attached hydrogens (primary N) is 1. The van der Waals surface area contributed by atoms with Crippen molar-refractivity contribution < 1.29 is 9.13 Å². The molecule has 1 aliphatic heterocycles. The van der Waals surface area contributed by atoms with Crippen LogP contribution in [0.4, 0.5) is 4.39 Å². The van der Waals surface area contributed by atoms with Crippen LogP contribution in [0, 0.1) is 17.7 Å². The van der Waals surface area contributed by atoms with E-state index in [-0.39, 0.29) is 5.82 Å². The molecule has 5 nitrogen and oxygen atoms in total. The SMILES string of the molecule is COc1ccc2ncc(F)c(CCN3CC4CCC(N)[C@H]4C3)c2n1. The van der Waals surface area contributed by atoms with Crippen molar-refractivity contribution in [1.29, 1.82) is 0 Å². The molecule has 1 saturated carbocycles. The molecule has 2 fully saturated rings. The van der Waals surface area contributed by atoms with Gasteiger partial charge in [0, 0.05) is 37.3 Å². The van der Waals surface area contributed by atoms with Crippen molar-refractivity contribution >= 4 is 11.0 Å². The summed E-state index contributed by atoms with van der Waals surface area (Å²) in [4.78, 5) is 11.0. The number of hydrogen-bond donors (Lipinski definition) is 1. The zero-order chi connectivity index (χ0) is 16.7. The Morgan fingerprint density at radius 3 is 3.00 bits per heavy atom. The van der Waals surface area contributed by atoms with Gasteiger partial charge in [0.15, 0.2) is 0 Å². The standard InChI is InChI=1S/C18H23FN4O/c1-24-17-5-4-16-18(22-17)12(14(19)8-21-16)6-7-23-9-11-2-3-15(20)13(11)10-23/h4-5,8,11,13,15H,2-3,6-7,9-10,20H2,1H3/t11?,13-,15?/m0/s1. The number of nitrogens with zero attached hydrogens (tertiary/aromatic N) is 3. The monoisotopic (exact) mass is 330 g/mol. The van der Waals surface area contributed by atoms with Crippen LogP contribution in [0.2, 0.25) is 0 Å². The van der Waals surface area contributed by atoms with Crippen molar-refractivity contribution in [2.24, 2.45) is 17.6 Å². The molecule has 2 aromatic heterocycles. The number of aromatic nitrogens is 2. The van der Waals surface area contributed by atoms with Crippen LogP contribution in [0.25, 0.3) is 11.0 Å². The van der Waals surface area contributed by atoms with E-state index in [1.165, 1.54) is 12.6 Å². The first kappa shape index (κ1) is 15.7. The van der Waals surface area contributed by atoms with Crippen LogP contribution in [0.3, 0.4) is 0 Å². The summed E-state index contributed by atoms with van der Waals surface area (Å²) in [6, 6.07) is 3.91. The van der Waals surface area contributed by atoms with Crippen LogP contribution in [0.1, 0.15) is 18.4 Å². The smallest absolute Gasteiger partial charge is 0.213 e. The molecule has 0 amide bonds. The van der Waals surface area contributed by atoms with Gasteiger partial charge in [-0.2, -0.15) is 0 Å². The maximum Gasteiger partial charge on any atom is 0.213 e. The van der Waals surface area contributed by atoms with Gasteiger partial charge in [-0.25, -0.2) is 9.37 Å². The summed E-state index contributed by atoms with van der Waals surface area (Å²) in [6.45, 7) is 2.95. The molecule has 0 spiro atoms. The van der Waals surface area contributed by atoms with Gasteiger partial charge in [0.25, 0.3) is 0 Å². The summed E-state index contributed by atoms with van der Waals surface area (Å²) in [5, 5.41) is 0. The number of fused-ring (bicyclic) bond motifs is 2. The van der Waals surface area contributed by atoms with Crippen molar-refractivity contribution in [3.63, 3.8) is 0 Å². The molecule has 2 aromatic rings. The van der Waals surface area contributed by atoms with E-state index in [0.29, 0.717) is 40.9 Å². The average molecular weight is 330 g/mol. The van der Waals surface area contributed by atoms with E-state index in [9.17, 15) is 4.39 Å². The Balaban J connectivity index is 1.53. The summed E-state index contributed by atoms with van der Waals surface area (Å²) in [6.07, 6.45) is 4.30. The van der Waals surface area contributed by atoms with Crippen LogP contribution < -0.4 is 10.5 Å². The van der Waals surface area contributed by atoms with E-state index in [1.54, 1.807) is 13.2 Å². The van der Waals surface area contributed by atoms with Gasteiger partial charge in [-0.05, 0) is 37.2 Å². The molecule has 2 N–H and O–H groups in total. The molecule has 4 rings (SSSR count). The highest BCUT2D eigenvalue weighted by molar-refractivity contribution is 5.78. The van der Waals surface area contributed by atoms with E-state index in [2.05, 4.69) is 14.9 Å². The molecule has 2 unspecified atom stereocenters. The minimum absolute atomic E-state index is 0.292. The zero-order valence-corrected chi connectivity index (χ0v) is 13.9. The lowest BCUT2D eigenvalue weighted by atomic mass is 9.98. The Morgan fingerprint density at radius 2 is 2.21 bits per heavy atom. The van der Waals surface area contributed by atoms with Gasteiger partial charge in [0.05, 0.1) is 24.3 Å². The Kier molecular flexibility index (Phi) is 4.10. The Labute approximate surface area is 141 Å². The molecule has 128 valence electrons. The first-order chi connectivity index (χ1) is 11.7. The third-order valence-corrected chi connectivity index (χ3v) is 5.61. The molecular weight excluding hydrogens is 307 g/mol. The number of halogens is 1. The Hall–Kier alpha value is -1.79. The van der Waals surface area contributed by atoms with Crippen molar-refractivity contribution in [2.45, 2.75) is 25.3 Å². The largest absolute Gasteiger partial charge is 0.481 e. The van der Waals surface area contributed by atoms with Gasteiger partial charge >= 0.3 is 0 Å². The van der Waals surface area contributed by atoms with Gasteiger partial charge in [0.2, 0.25) is 5.88 Å². The molecule has 0 aromatic carbocycles. The first-order valence-electron chi connectivity index (χ1n) is 8.61. The number of pyridine rings is 2. The fourth-order valence-corrected chi connectivity index (χ4v) is 4.28. The highest BCUT2D eigenvalue weighted by Gasteiger charge is 2.40. The van der Waals surface area contributed by atoms with Crippen LogP contribution in [-0.2, 0) is 6.42 Å². The van der Waals surface area contributed by atoms with Gasteiger partial charge in [0.1, 0.15) is 5.82 Å². The second-order valence-electron chi connectivity index (χ2n) is 6.98. The van der Waals surface area contributed by atoms with Gasteiger partial charge in [-0.3, -0.25) is 4.98 Å². The van der Waals surface area contributed by atoms with Crippen LogP contribution in [0.5, 0.6) is 5.88 Å². The van der Waals surface area contributed by atoms with E-state index >= 15 is 0 Å². The van der Waals surface area contributed by atoms with Crippen molar-refractivity contribution in [1.82, 2.24) is 14.9 Å². The molecule has 3 heterocycles. The predicted molar refractivity (Wildman–Crippen MR) is 90.4 cm³/mol. The van der Waals surface area contributed by atoms with E-state index in [4.69, 9.17) is 10.5 Å².